The van der Waals surface area contributed by atoms with Crippen LogP contribution in [-0.4, -0.2) is 52.3 Å². The lowest BCUT2D eigenvalue weighted by atomic mass is 9.82. The molecular formula is C33H42N2O7. The van der Waals surface area contributed by atoms with Crippen LogP contribution in [0.25, 0.3) is 0 Å². The Morgan fingerprint density at radius 3 is 1.90 bits per heavy atom. The van der Waals surface area contributed by atoms with Gasteiger partial charge in [0.15, 0.2) is 5.78 Å². The van der Waals surface area contributed by atoms with Crippen LogP contribution in [0.1, 0.15) is 65.0 Å². The van der Waals surface area contributed by atoms with Gasteiger partial charge in [-0.05, 0) is 44.2 Å². The highest BCUT2D eigenvalue weighted by Gasteiger charge is 2.37. The van der Waals surface area contributed by atoms with Crippen molar-refractivity contribution in [1.29, 1.82) is 0 Å². The number of nitrogens with one attached hydrogen (secondary N) is 2. The van der Waals surface area contributed by atoms with Gasteiger partial charge in [-0.1, -0.05) is 80.9 Å². The highest BCUT2D eigenvalue weighted by atomic mass is 16.4. The molecule has 0 heterocycles. The number of carbonyl (C=O) groups is 6. The van der Waals surface area contributed by atoms with E-state index in [-0.39, 0.29) is 37.4 Å². The molecule has 226 valence electrons. The number of carbonyl (C=O) groups excluding carboxylic acids is 5. The number of ketones is 3. The van der Waals surface area contributed by atoms with Gasteiger partial charge >= 0.3 is 5.97 Å². The third-order valence-corrected chi connectivity index (χ3v) is 7.43. The van der Waals surface area contributed by atoms with Crippen molar-refractivity contribution in [2.45, 2.75) is 78.8 Å². The van der Waals surface area contributed by atoms with Crippen LogP contribution >= 0.6 is 0 Å². The number of carboxylic acid groups (broad SMARTS) is 1. The molecule has 9 nitrogen and oxygen atoms in total. The van der Waals surface area contributed by atoms with Crippen molar-refractivity contribution < 1.29 is 33.9 Å². The molecule has 3 N–H and O–H groups in total. The van der Waals surface area contributed by atoms with Gasteiger partial charge < -0.3 is 15.7 Å². The topological polar surface area (TPSA) is 147 Å². The number of benzene rings is 2. The van der Waals surface area contributed by atoms with E-state index >= 15 is 0 Å². The van der Waals surface area contributed by atoms with Crippen LogP contribution in [0.3, 0.4) is 0 Å². The fourth-order valence-corrected chi connectivity index (χ4v) is 4.53. The van der Waals surface area contributed by atoms with Gasteiger partial charge in [-0.25, -0.2) is 0 Å². The Labute approximate surface area is 247 Å². The Kier molecular flexibility index (Phi) is 12.8. The largest absolute Gasteiger partial charge is 0.481 e. The molecule has 0 spiro atoms. The maximum Gasteiger partial charge on any atom is 0.309 e. The summed E-state index contributed by atoms with van der Waals surface area (Å²) in [6.07, 6.45) is 0.566. The smallest absolute Gasteiger partial charge is 0.309 e. The fourth-order valence-electron chi connectivity index (χ4n) is 4.53. The number of hydrogen-bond donors (Lipinski definition) is 3. The molecule has 2 aromatic rings. The molecule has 0 aromatic heterocycles. The molecule has 0 radical (unpaired) electrons. The summed E-state index contributed by atoms with van der Waals surface area (Å²) in [5.41, 5.74) is 0.338. The number of Topliss-reactive ketones (excluding diaryl/α,β-unsaturated/α-hetero) is 3. The second-order valence-electron chi connectivity index (χ2n) is 11.6. The molecule has 42 heavy (non-hydrogen) atoms. The van der Waals surface area contributed by atoms with Crippen LogP contribution in [0, 0.1) is 17.3 Å². The van der Waals surface area contributed by atoms with E-state index in [1.807, 2.05) is 67.6 Å². The van der Waals surface area contributed by atoms with Gasteiger partial charge in [0.1, 0.15) is 5.78 Å². The molecule has 9 heteroatoms. The molecule has 0 fully saturated rings. The molecule has 0 saturated heterocycles. The van der Waals surface area contributed by atoms with Crippen LogP contribution in [0.2, 0.25) is 0 Å². The van der Waals surface area contributed by atoms with E-state index in [0.717, 1.165) is 11.1 Å². The zero-order valence-electron chi connectivity index (χ0n) is 25.0. The third-order valence-electron chi connectivity index (χ3n) is 7.43. The van der Waals surface area contributed by atoms with Gasteiger partial charge in [0, 0.05) is 25.2 Å². The van der Waals surface area contributed by atoms with E-state index in [4.69, 9.17) is 0 Å². The monoisotopic (exact) mass is 578 g/mol. The van der Waals surface area contributed by atoms with E-state index in [0.29, 0.717) is 6.42 Å². The zero-order chi connectivity index (χ0) is 31.4. The van der Waals surface area contributed by atoms with E-state index in [1.165, 1.54) is 20.8 Å². The highest BCUT2D eigenvalue weighted by molar-refractivity contribution is 6.38. The zero-order valence-corrected chi connectivity index (χ0v) is 25.0. The van der Waals surface area contributed by atoms with Crippen molar-refractivity contribution in [2.24, 2.45) is 17.3 Å². The molecule has 0 saturated carbocycles. The molecular weight excluding hydrogens is 536 g/mol. The molecule has 4 atom stereocenters. The standard InChI is InChI=1S/C33H42N2O7/c1-6-21(2)28(27(37)20-33(4,5)32(41)42)35-31(40)29(38)22(3)34-30(39)25(17-23-13-9-7-10-14-23)19-26(36)18-24-15-11-8-12-16-24/h7-16,21-22,25,28H,6,17-20H2,1-5H3,(H,34,39)(H,35,40)(H,41,42). The normalized spacial score (nSPS) is 14.1. The first-order valence-corrected chi connectivity index (χ1v) is 14.3. The van der Waals surface area contributed by atoms with Crippen LogP contribution < -0.4 is 10.6 Å². The minimum Gasteiger partial charge on any atom is -0.481 e. The Morgan fingerprint density at radius 2 is 1.38 bits per heavy atom. The van der Waals surface area contributed by atoms with E-state index in [1.54, 1.807) is 6.92 Å². The summed E-state index contributed by atoms with van der Waals surface area (Å²) in [5, 5.41) is 14.5. The van der Waals surface area contributed by atoms with Crippen molar-refractivity contribution >= 4 is 35.1 Å². The van der Waals surface area contributed by atoms with Crippen molar-refractivity contribution in [3.05, 3.63) is 71.8 Å². The summed E-state index contributed by atoms with van der Waals surface area (Å²) in [6.45, 7) is 7.76. The Balaban J connectivity index is 2.12. The van der Waals surface area contributed by atoms with Gasteiger partial charge in [0.25, 0.3) is 5.91 Å². The summed E-state index contributed by atoms with van der Waals surface area (Å²) in [6, 6.07) is 16.1. The maximum absolute atomic E-state index is 13.3. The van der Waals surface area contributed by atoms with Crippen LogP contribution in [0.4, 0.5) is 0 Å². The first-order valence-electron chi connectivity index (χ1n) is 14.3. The minimum atomic E-state index is -1.34. The lowest BCUT2D eigenvalue weighted by molar-refractivity contribution is -0.150. The number of hydrogen-bond acceptors (Lipinski definition) is 6. The fraction of sp³-hybridized carbons (Fsp3) is 0.455. The molecule has 0 bridgehead atoms. The third kappa shape index (κ3) is 10.4. The SMILES string of the molecule is CCC(C)C(NC(=O)C(=O)C(C)NC(=O)C(CC(=O)Cc1ccccc1)Cc1ccccc1)C(=O)CC(C)(C)C(=O)O. The molecule has 0 aliphatic carbocycles. The average Bonchev–Trinajstić information content (AvgIpc) is 2.95. The Hall–Kier alpha value is -4.14. The predicted molar refractivity (Wildman–Crippen MR) is 158 cm³/mol. The summed E-state index contributed by atoms with van der Waals surface area (Å²) in [5.74, 6) is -5.42. The van der Waals surface area contributed by atoms with Gasteiger partial charge in [-0.15, -0.1) is 0 Å². The summed E-state index contributed by atoms with van der Waals surface area (Å²) < 4.78 is 0. The van der Waals surface area contributed by atoms with Gasteiger partial charge in [0.05, 0.1) is 17.5 Å². The van der Waals surface area contributed by atoms with Gasteiger partial charge in [0.2, 0.25) is 11.7 Å². The van der Waals surface area contributed by atoms with Gasteiger partial charge in [-0.3, -0.25) is 28.8 Å². The minimum absolute atomic E-state index is 0.0489. The van der Waals surface area contributed by atoms with Crippen LogP contribution in [0.15, 0.2) is 60.7 Å². The molecule has 0 aliphatic rings. The Morgan fingerprint density at radius 1 is 0.833 bits per heavy atom. The summed E-state index contributed by atoms with van der Waals surface area (Å²) in [4.78, 5) is 76.6. The average molecular weight is 579 g/mol. The van der Waals surface area contributed by atoms with E-state index < -0.39 is 52.8 Å². The van der Waals surface area contributed by atoms with Crippen LogP contribution in [0.5, 0.6) is 0 Å². The molecule has 2 amide bonds. The summed E-state index contributed by atoms with van der Waals surface area (Å²) >= 11 is 0. The predicted octanol–water partition coefficient (Wildman–Crippen LogP) is 3.72. The van der Waals surface area contributed by atoms with Crippen molar-refractivity contribution in [3.8, 4) is 0 Å². The van der Waals surface area contributed by atoms with Crippen molar-refractivity contribution in [2.75, 3.05) is 0 Å². The molecule has 4 unspecified atom stereocenters. The maximum atomic E-state index is 13.3. The lowest BCUT2D eigenvalue weighted by Gasteiger charge is -2.27. The van der Waals surface area contributed by atoms with E-state index in [2.05, 4.69) is 10.6 Å². The van der Waals surface area contributed by atoms with Crippen LogP contribution in [-0.2, 0) is 41.6 Å². The quantitative estimate of drug-likeness (QED) is 0.242. The second-order valence-corrected chi connectivity index (χ2v) is 11.6. The lowest BCUT2D eigenvalue weighted by Crippen LogP contribution is -2.53. The van der Waals surface area contributed by atoms with Gasteiger partial charge in [-0.2, -0.15) is 0 Å². The molecule has 2 rings (SSSR count). The number of rotatable bonds is 17. The first-order chi connectivity index (χ1) is 19.7. The summed E-state index contributed by atoms with van der Waals surface area (Å²) in [7, 11) is 0. The second kappa shape index (κ2) is 15.7. The molecule has 0 aliphatic heterocycles. The number of aliphatic carboxylic acids is 1. The highest BCUT2D eigenvalue weighted by Crippen LogP contribution is 2.24. The number of amides is 2. The Bertz CT molecular complexity index is 1260. The molecule has 2 aromatic carbocycles. The first kappa shape index (κ1) is 34.1. The van der Waals surface area contributed by atoms with Crippen molar-refractivity contribution in [3.63, 3.8) is 0 Å². The number of carboxylic acids is 1. The van der Waals surface area contributed by atoms with E-state index in [9.17, 15) is 33.9 Å². The van der Waals surface area contributed by atoms with Crippen molar-refractivity contribution in [1.82, 2.24) is 10.6 Å².